The molecule has 0 spiro atoms. The third-order valence-electron chi connectivity index (χ3n) is 1.56. The Kier molecular flexibility index (Phi) is 6.11. The highest BCUT2D eigenvalue weighted by molar-refractivity contribution is 5.19. The number of halogens is 2. The van der Waals surface area contributed by atoms with Gasteiger partial charge in [0.15, 0.2) is 0 Å². The first kappa shape index (κ1) is 12.1. The van der Waals surface area contributed by atoms with Crippen molar-refractivity contribution in [3.05, 3.63) is 35.4 Å². The molecule has 2 heteroatoms. The molecule has 0 aliphatic rings. The average Bonchev–Trinajstić information content (AvgIpc) is 2.15. The van der Waals surface area contributed by atoms with E-state index in [-0.39, 0.29) is 5.56 Å². The molecule has 0 nitrogen and oxygen atoms in total. The van der Waals surface area contributed by atoms with Crippen molar-refractivity contribution in [2.24, 2.45) is 0 Å². The van der Waals surface area contributed by atoms with Crippen molar-refractivity contribution in [1.82, 2.24) is 0 Å². The molecule has 0 aliphatic carbocycles. The van der Waals surface area contributed by atoms with Gasteiger partial charge in [-0.3, -0.25) is 0 Å². The summed E-state index contributed by atoms with van der Waals surface area (Å²) >= 11 is 0. The molecule has 1 aromatic rings. The Hall–Kier alpha value is -0.920. The van der Waals surface area contributed by atoms with Crippen LogP contribution in [0.1, 0.15) is 32.8 Å². The summed E-state index contributed by atoms with van der Waals surface area (Å²) in [5.74, 6) is -0.876. The van der Waals surface area contributed by atoms with Gasteiger partial charge in [-0.25, -0.2) is 8.78 Å². The molecule has 74 valence electrons. The summed E-state index contributed by atoms with van der Waals surface area (Å²) in [6.45, 7) is 5.89. The molecule has 0 heterocycles. The molecule has 0 N–H and O–H groups in total. The van der Waals surface area contributed by atoms with E-state index in [2.05, 4.69) is 0 Å². The summed E-state index contributed by atoms with van der Waals surface area (Å²) in [6, 6.07) is 3.95. The molecule has 1 aromatic carbocycles. The summed E-state index contributed by atoms with van der Waals surface area (Å²) in [4.78, 5) is 0. The Labute approximate surface area is 78.6 Å². The van der Waals surface area contributed by atoms with Crippen LogP contribution in [0.5, 0.6) is 0 Å². The predicted molar refractivity (Wildman–Crippen MR) is 51.7 cm³/mol. The Bertz CT molecular complexity index is 224. The lowest BCUT2D eigenvalue weighted by atomic mass is 10.1. The first-order valence-electron chi connectivity index (χ1n) is 4.68. The van der Waals surface area contributed by atoms with Gasteiger partial charge in [0.2, 0.25) is 0 Å². The van der Waals surface area contributed by atoms with Crippen LogP contribution in [-0.4, -0.2) is 0 Å². The number of hydrogen-bond acceptors (Lipinski definition) is 0. The van der Waals surface area contributed by atoms with Crippen molar-refractivity contribution in [2.45, 2.75) is 33.6 Å². The van der Waals surface area contributed by atoms with Crippen LogP contribution in [0.25, 0.3) is 0 Å². The molecule has 0 radical (unpaired) electrons. The van der Waals surface area contributed by atoms with Crippen LogP contribution in [0.3, 0.4) is 0 Å². The van der Waals surface area contributed by atoms with Crippen molar-refractivity contribution in [3.63, 3.8) is 0 Å². The van der Waals surface area contributed by atoms with Gasteiger partial charge in [-0.05, 0) is 18.6 Å². The van der Waals surface area contributed by atoms with E-state index in [0.717, 1.165) is 6.42 Å². The third-order valence-corrected chi connectivity index (χ3v) is 1.56. The van der Waals surface area contributed by atoms with Crippen molar-refractivity contribution in [2.75, 3.05) is 0 Å². The van der Waals surface area contributed by atoms with Crippen LogP contribution in [0.15, 0.2) is 18.2 Å². The van der Waals surface area contributed by atoms with E-state index in [1.807, 2.05) is 20.8 Å². The zero-order valence-corrected chi connectivity index (χ0v) is 8.40. The summed E-state index contributed by atoms with van der Waals surface area (Å²) < 4.78 is 25.6. The molecule has 0 fully saturated rings. The fourth-order valence-corrected chi connectivity index (χ4v) is 1.02. The van der Waals surface area contributed by atoms with Crippen LogP contribution in [0, 0.1) is 11.6 Å². The van der Waals surface area contributed by atoms with Crippen LogP contribution in [0.4, 0.5) is 8.78 Å². The van der Waals surface area contributed by atoms with Crippen molar-refractivity contribution in [1.29, 1.82) is 0 Å². The minimum absolute atomic E-state index is 0.204. The Balaban J connectivity index is 0.000000671. The van der Waals surface area contributed by atoms with Gasteiger partial charge in [-0.15, -0.1) is 0 Å². The SMILES string of the molecule is CC.CCCc1c(F)cccc1F. The smallest absolute Gasteiger partial charge is 0.129 e. The first-order chi connectivity index (χ1) is 6.25. The largest absolute Gasteiger partial charge is 0.207 e. The average molecular weight is 186 g/mol. The number of rotatable bonds is 2. The minimum atomic E-state index is -0.438. The van der Waals surface area contributed by atoms with Gasteiger partial charge in [-0.2, -0.15) is 0 Å². The van der Waals surface area contributed by atoms with Crippen LogP contribution in [-0.2, 0) is 6.42 Å². The van der Waals surface area contributed by atoms with Gasteiger partial charge >= 0.3 is 0 Å². The molecular weight excluding hydrogens is 170 g/mol. The topological polar surface area (TPSA) is 0 Å². The van der Waals surface area contributed by atoms with Gasteiger partial charge in [0.05, 0.1) is 0 Å². The van der Waals surface area contributed by atoms with Crippen LogP contribution >= 0.6 is 0 Å². The molecule has 0 unspecified atom stereocenters. The summed E-state index contributed by atoms with van der Waals surface area (Å²) in [5, 5.41) is 0. The molecule has 0 saturated carbocycles. The highest BCUT2D eigenvalue weighted by Crippen LogP contribution is 2.13. The van der Waals surface area contributed by atoms with Crippen molar-refractivity contribution in [3.8, 4) is 0 Å². The van der Waals surface area contributed by atoms with E-state index >= 15 is 0 Å². The summed E-state index contributed by atoms with van der Waals surface area (Å²) in [6.07, 6.45) is 1.23. The van der Waals surface area contributed by atoms with Crippen molar-refractivity contribution < 1.29 is 8.78 Å². The van der Waals surface area contributed by atoms with E-state index < -0.39 is 11.6 Å². The van der Waals surface area contributed by atoms with E-state index in [4.69, 9.17) is 0 Å². The second-order valence-electron chi connectivity index (χ2n) is 2.45. The van der Waals surface area contributed by atoms with E-state index in [9.17, 15) is 8.78 Å². The van der Waals surface area contributed by atoms with E-state index in [0.29, 0.717) is 6.42 Å². The summed E-state index contributed by atoms with van der Waals surface area (Å²) in [5.41, 5.74) is 0.204. The molecular formula is C11H16F2. The predicted octanol–water partition coefficient (Wildman–Crippen LogP) is 3.94. The standard InChI is InChI=1S/C9H10F2.C2H6/c1-2-4-7-8(10)5-3-6-9(7)11;1-2/h3,5-6H,2,4H2,1H3;1-2H3. The zero-order chi connectivity index (χ0) is 10.3. The highest BCUT2D eigenvalue weighted by atomic mass is 19.1. The third kappa shape index (κ3) is 3.53. The lowest BCUT2D eigenvalue weighted by Gasteiger charge is -2.00. The lowest BCUT2D eigenvalue weighted by Crippen LogP contribution is -1.93. The maximum Gasteiger partial charge on any atom is 0.129 e. The van der Waals surface area contributed by atoms with Gasteiger partial charge in [0.25, 0.3) is 0 Å². The molecule has 0 saturated heterocycles. The second-order valence-corrected chi connectivity index (χ2v) is 2.45. The van der Waals surface area contributed by atoms with Crippen LogP contribution in [0.2, 0.25) is 0 Å². The summed E-state index contributed by atoms with van der Waals surface area (Å²) in [7, 11) is 0. The maximum atomic E-state index is 12.8. The molecule has 0 aliphatic heterocycles. The lowest BCUT2D eigenvalue weighted by molar-refractivity contribution is 0.553. The minimum Gasteiger partial charge on any atom is -0.207 e. The zero-order valence-electron chi connectivity index (χ0n) is 8.40. The molecule has 0 atom stereocenters. The Morgan fingerprint density at radius 1 is 1.08 bits per heavy atom. The van der Waals surface area contributed by atoms with Gasteiger partial charge in [0, 0.05) is 5.56 Å². The Morgan fingerprint density at radius 2 is 1.54 bits per heavy atom. The second kappa shape index (κ2) is 6.58. The molecule has 0 amide bonds. The fourth-order valence-electron chi connectivity index (χ4n) is 1.02. The highest BCUT2D eigenvalue weighted by Gasteiger charge is 2.05. The van der Waals surface area contributed by atoms with Gasteiger partial charge in [0.1, 0.15) is 11.6 Å². The van der Waals surface area contributed by atoms with Gasteiger partial charge in [-0.1, -0.05) is 33.3 Å². The molecule has 0 bridgehead atoms. The van der Waals surface area contributed by atoms with Gasteiger partial charge < -0.3 is 0 Å². The fraction of sp³-hybridized carbons (Fsp3) is 0.455. The normalized spacial score (nSPS) is 9.00. The number of hydrogen-bond donors (Lipinski definition) is 0. The first-order valence-corrected chi connectivity index (χ1v) is 4.68. The monoisotopic (exact) mass is 186 g/mol. The van der Waals surface area contributed by atoms with E-state index in [1.54, 1.807) is 0 Å². The Morgan fingerprint density at radius 3 is 1.92 bits per heavy atom. The maximum absolute atomic E-state index is 12.8. The van der Waals surface area contributed by atoms with Crippen LogP contribution < -0.4 is 0 Å². The van der Waals surface area contributed by atoms with E-state index in [1.165, 1.54) is 18.2 Å². The quantitative estimate of drug-likeness (QED) is 0.656. The van der Waals surface area contributed by atoms with Crippen molar-refractivity contribution >= 4 is 0 Å². The molecule has 1 rings (SSSR count). The molecule has 13 heavy (non-hydrogen) atoms. The molecule has 0 aromatic heterocycles. The number of benzene rings is 1.